The Labute approximate surface area is 98.1 Å². The van der Waals surface area contributed by atoms with Crippen molar-refractivity contribution in [1.82, 2.24) is 15.3 Å². The third-order valence-electron chi connectivity index (χ3n) is 4.09. The van der Waals surface area contributed by atoms with Crippen LogP contribution in [0.2, 0.25) is 0 Å². The van der Waals surface area contributed by atoms with Crippen molar-refractivity contribution < 1.29 is 0 Å². The Balaban J connectivity index is 1.81. The summed E-state index contributed by atoms with van der Waals surface area (Å²) in [6.45, 7) is 7.73. The standard InChI is InChI=1S/C13H23N3/c1-9-4-5-12(6-10(9)2)14-7-13-11(3)15-8-16-13/h8-10,12,14H,4-7H2,1-3H3,(H,15,16). The first-order valence-electron chi connectivity index (χ1n) is 6.39. The monoisotopic (exact) mass is 221 g/mol. The van der Waals surface area contributed by atoms with Crippen LogP contribution in [0.1, 0.15) is 44.5 Å². The van der Waals surface area contributed by atoms with Crippen LogP contribution in [0.15, 0.2) is 6.33 Å². The van der Waals surface area contributed by atoms with Crippen molar-refractivity contribution in [2.75, 3.05) is 0 Å². The van der Waals surface area contributed by atoms with Crippen LogP contribution in [0.4, 0.5) is 0 Å². The highest BCUT2D eigenvalue weighted by atomic mass is 15.0. The van der Waals surface area contributed by atoms with Gasteiger partial charge in [0.05, 0.1) is 12.0 Å². The molecule has 2 rings (SSSR count). The molecule has 90 valence electrons. The zero-order valence-electron chi connectivity index (χ0n) is 10.6. The Bertz CT molecular complexity index is 332. The van der Waals surface area contributed by atoms with Crippen molar-refractivity contribution in [1.29, 1.82) is 0 Å². The molecule has 3 atom stereocenters. The molecule has 3 nitrogen and oxygen atoms in total. The van der Waals surface area contributed by atoms with Gasteiger partial charge < -0.3 is 10.3 Å². The number of nitrogens with zero attached hydrogens (tertiary/aromatic N) is 1. The molecule has 3 heteroatoms. The Morgan fingerprint density at radius 2 is 2.19 bits per heavy atom. The fourth-order valence-corrected chi connectivity index (χ4v) is 2.54. The van der Waals surface area contributed by atoms with E-state index in [0.29, 0.717) is 6.04 Å². The molecule has 1 heterocycles. The van der Waals surface area contributed by atoms with E-state index in [2.05, 4.69) is 36.1 Å². The summed E-state index contributed by atoms with van der Waals surface area (Å²) < 4.78 is 0. The smallest absolute Gasteiger partial charge is 0.0925 e. The van der Waals surface area contributed by atoms with E-state index in [0.717, 1.165) is 24.1 Å². The van der Waals surface area contributed by atoms with Gasteiger partial charge in [-0.1, -0.05) is 13.8 Å². The Morgan fingerprint density at radius 1 is 1.38 bits per heavy atom. The van der Waals surface area contributed by atoms with Crippen LogP contribution in [-0.2, 0) is 6.54 Å². The number of nitrogens with one attached hydrogen (secondary N) is 2. The summed E-state index contributed by atoms with van der Waals surface area (Å²) >= 11 is 0. The van der Waals surface area contributed by atoms with E-state index in [1.54, 1.807) is 6.33 Å². The van der Waals surface area contributed by atoms with E-state index < -0.39 is 0 Å². The third kappa shape index (κ3) is 2.64. The van der Waals surface area contributed by atoms with E-state index in [-0.39, 0.29) is 0 Å². The van der Waals surface area contributed by atoms with E-state index in [1.807, 2.05) is 0 Å². The molecule has 1 saturated carbocycles. The number of imidazole rings is 1. The minimum Gasteiger partial charge on any atom is -0.348 e. The number of aromatic amines is 1. The number of aryl methyl sites for hydroxylation is 1. The molecule has 2 N–H and O–H groups in total. The minimum atomic E-state index is 0.683. The Hall–Kier alpha value is -0.830. The first kappa shape index (κ1) is 11.6. The summed E-state index contributed by atoms with van der Waals surface area (Å²) in [5.41, 5.74) is 2.34. The summed E-state index contributed by atoms with van der Waals surface area (Å²) in [7, 11) is 0. The predicted molar refractivity (Wildman–Crippen MR) is 66.1 cm³/mol. The summed E-state index contributed by atoms with van der Waals surface area (Å²) in [6.07, 6.45) is 5.76. The van der Waals surface area contributed by atoms with Crippen LogP contribution in [0.5, 0.6) is 0 Å². The van der Waals surface area contributed by atoms with Crippen LogP contribution in [0.25, 0.3) is 0 Å². The van der Waals surface area contributed by atoms with Gasteiger partial charge in [0.2, 0.25) is 0 Å². The van der Waals surface area contributed by atoms with Gasteiger partial charge in [-0.2, -0.15) is 0 Å². The molecule has 0 amide bonds. The molecule has 1 fully saturated rings. The number of hydrogen-bond donors (Lipinski definition) is 2. The maximum absolute atomic E-state index is 4.32. The topological polar surface area (TPSA) is 40.7 Å². The molecule has 1 aliphatic rings. The lowest BCUT2D eigenvalue weighted by molar-refractivity contribution is 0.225. The lowest BCUT2D eigenvalue weighted by Gasteiger charge is -2.32. The van der Waals surface area contributed by atoms with Gasteiger partial charge in [0, 0.05) is 18.3 Å². The highest BCUT2D eigenvalue weighted by Gasteiger charge is 2.24. The van der Waals surface area contributed by atoms with E-state index >= 15 is 0 Å². The van der Waals surface area contributed by atoms with Crippen molar-refractivity contribution in [2.24, 2.45) is 11.8 Å². The minimum absolute atomic E-state index is 0.683. The van der Waals surface area contributed by atoms with Crippen molar-refractivity contribution >= 4 is 0 Å². The summed E-state index contributed by atoms with van der Waals surface area (Å²) in [6, 6.07) is 0.683. The molecule has 1 aliphatic carbocycles. The number of H-pyrrole nitrogens is 1. The van der Waals surface area contributed by atoms with Gasteiger partial charge in [-0.3, -0.25) is 0 Å². The number of hydrogen-bond acceptors (Lipinski definition) is 2. The van der Waals surface area contributed by atoms with Gasteiger partial charge in [-0.15, -0.1) is 0 Å². The highest BCUT2D eigenvalue weighted by molar-refractivity contribution is 5.08. The fraction of sp³-hybridized carbons (Fsp3) is 0.769. The summed E-state index contributed by atoms with van der Waals surface area (Å²) in [5, 5.41) is 3.63. The maximum Gasteiger partial charge on any atom is 0.0925 e. The zero-order chi connectivity index (χ0) is 11.5. The average Bonchev–Trinajstić information content (AvgIpc) is 2.66. The second-order valence-electron chi connectivity index (χ2n) is 5.32. The lowest BCUT2D eigenvalue weighted by atomic mass is 9.79. The van der Waals surface area contributed by atoms with Gasteiger partial charge in [0.1, 0.15) is 0 Å². The van der Waals surface area contributed by atoms with Crippen LogP contribution in [0, 0.1) is 18.8 Å². The normalized spacial score (nSPS) is 30.6. The van der Waals surface area contributed by atoms with Gasteiger partial charge in [0.25, 0.3) is 0 Å². The fourth-order valence-electron chi connectivity index (χ4n) is 2.54. The van der Waals surface area contributed by atoms with Gasteiger partial charge in [-0.05, 0) is 38.0 Å². The van der Waals surface area contributed by atoms with Crippen LogP contribution >= 0.6 is 0 Å². The highest BCUT2D eigenvalue weighted by Crippen LogP contribution is 2.29. The molecule has 0 aliphatic heterocycles. The van der Waals surface area contributed by atoms with Crippen LogP contribution < -0.4 is 5.32 Å². The van der Waals surface area contributed by atoms with E-state index in [4.69, 9.17) is 0 Å². The molecular formula is C13H23N3. The molecule has 16 heavy (non-hydrogen) atoms. The molecule has 3 unspecified atom stereocenters. The van der Waals surface area contributed by atoms with Crippen molar-refractivity contribution in [3.8, 4) is 0 Å². The Kier molecular flexibility index (Phi) is 3.64. The van der Waals surface area contributed by atoms with Crippen molar-refractivity contribution in [3.63, 3.8) is 0 Å². The van der Waals surface area contributed by atoms with Crippen LogP contribution in [0.3, 0.4) is 0 Å². The molecular weight excluding hydrogens is 198 g/mol. The summed E-state index contributed by atoms with van der Waals surface area (Å²) in [5.74, 6) is 1.75. The average molecular weight is 221 g/mol. The Morgan fingerprint density at radius 3 is 2.81 bits per heavy atom. The van der Waals surface area contributed by atoms with Crippen LogP contribution in [-0.4, -0.2) is 16.0 Å². The number of rotatable bonds is 3. The van der Waals surface area contributed by atoms with E-state index in [1.165, 1.54) is 25.0 Å². The van der Waals surface area contributed by atoms with E-state index in [9.17, 15) is 0 Å². The van der Waals surface area contributed by atoms with Gasteiger partial charge in [-0.25, -0.2) is 4.98 Å². The summed E-state index contributed by atoms with van der Waals surface area (Å²) in [4.78, 5) is 7.44. The largest absolute Gasteiger partial charge is 0.348 e. The molecule has 0 radical (unpaired) electrons. The second kappa shape index (κ2) is 5.00. The lowest BCUT2D eigenvalue weighted by Crippen LogP contribution is -2.35. The second-order valence-corrected chi connectivity index (χ2v) is 5.32. The zero-order valence-corrected chi connectivity index (χ0v) is 10.6. The molecule has 0 spiro atoms. The first-order chi connectivity index (χ1) is 7.66. The van der Waals surface area contributed by atoms with Gasteiger partial charge in [0.15, 0.2) is 0 Å². The number of aromatic nitrogens is 2. The SMILES string of the molecule is Cc1[nH]cnc1CNC1CCC(C)C(C)C1. The van der Waals surface area contributed by atoms with Crippen molar-refractivity contribution in [3.05, 3.63) is 17.7 Å². The quantitative estimate of drug-likeness (QED) is 0.823. The molecule has 0 saturated heterocycles. The molecule has 1 aromatic heterocycles. The maximum atomic E-state index is 4.32. The van der Waals surface area contributed by atoms with Crippen molar-refractivity contribution in [2.45, 2.75) is 52.6 Å². The third-order valence-corrected chi connectivity index (χ3v) is 4.09. The molecule has 0 aromatic carbocycles. The van der Waals surface area contributed by atoms with Gasteiger partial charge >= 0.3 is 0 Å². The molecule has 1 aromatic rings. The first-order valence-corrected chi connectivity index (χ1v) is 6.39. The molecule has 0 bridgehead atoms. The predicted octanol–water partition coefficient (Wildman–Crippen LogP) is 2.63.